The van der Waals surface area contributed by atoms with Gasteiger partial charge < -0.3 is 1.43 Å². The van der Waals surface area contributed by atoms with Gasteiger partial charge in [0.2, 0.25) is 0 Å². The Morgan fingerprint density at radius 3 is 1.92 bits per heavy atom. The van der Waals surface area contributed by atoms with Gasteiger partial charge in [-0.25, -0.2) is 0 Å². The van der Waals surface area contributed by atoms with Crippen LogP contribution in [0.3, 0.4) is 0 Å². The number of hydrogen-bond acceptors (Lipinski definition) is 5. The van der Waals surface area contributed by atoms with Crippen molar-refractivity contribution >= 4 is 11.8 Å². The first kappa shape index (κ1) is 9.72. The molecule has 0 aliphatic heterocycles. The SMILES string of the molecule is [H-].[Na+].c1n[nH]nc1Sc1cn[nH]n1. The minimum absolute atomic E-state index is 0. The van der Waals surface area contributed by atoms with Crippen LogP contribution in [-0.2, 0) is 0 Å². The van der Waals surface area contributed by atoms with Crippen molar-refractivity contribution in [3.8, 4) is 0 Å². The van der Waals surface area contributed by atoms with E-state index >= 15 is 0 Å². The Hall–Kier alpha value is -0.370. The Balaban J connectivity index is 0.000000720. The molecule has 0 amide bonds. The monoisotopic (exact) mass is 192 g/mol. The largest absolute Gasteiger partial charge is 1.00 e. The molecule has 2 heterocycles. The van der Waals surface area contributed by atoms with Crippen LogP contribution in [0.25, 0.3) is 0 Å². The standard InChI is InChI=1S/C4H4N6S.Na.H/c1-3(7-9-5-1)11-4-2-6-10-8-4;;/h1-2H,(H,5,7,9)(H,6,8,10);;/q;+1;-1. The summed E-state index contributed by atoms with van der Waals surface area (Å²) < 4.78 is 0. The molecular formula is C4H5N6NaS. The fourth-order valence-electron chi connectivity index (χ4n) is 0.588. The van der Waals surface area contributed by atoms with Crippen LogP contribution < -0.4 is 29.6 Å². The molecule has 0 atom stereocenters. The van der Waals surface area contributed by atoms with Gasteiger partial charge in [0, 0.05) is 0 Å². The van der Waals surface area contributed by atoms with E-state index in [1.807, 2.05) is 0 Å². The van der Waals surface area contributed by atoms with Gasteiger partial charge in [0.05, 0.1) is 12.4 Å². The molecule has 6 nitrogen and oxygen atoms in total. The fourth-order valence-corrected chi connectivity index (χ4v) is 1.19. The van der Waals surface area contributed by atoms with E-state index in [0.29, 0.717) is 0 Å². The number of nitrogens with zero attached hydrogens (tertiary/aromatic N) is 4. The molecule has 0 spiro atoms. The normalized spacial score (nSPS) is 9.33. The molecule has 0 bridgehead atoms. The first-order valence-electron chi connectivity index (χ1n) is 2.84. The second-order valence-electron chi connectivity index (χ2n) is 1.72. The second-order valence-corrected chi connectivity index (χ2v) is 2.76. The van der Waals surface area contributed by atoms with Crippen molar-refractivity contribution in [2.75, 3.05) is 0 Å². The van der Waals surface area contributed by atoms with E-state index in [0.717, 1.165) is 10.1 Å². The summed E-state index contributed by atoms with van der Waals surface area (Å²) in [5, 5.41) is 21.5. The minimum atomic E-state index is 0. The molecule has 0 aromatic carbocycles. The Labute approximate surface area is 95.7 Å². The maximum atomic E-state index is 3.84. The van der Waals surface area contributed by atoms with Crippen LogP contribution in [0.5, 0.6) is 0 Å². The van der Waals surface area contributed by atoms with E-state index in [1.165, 1.54) is 11.8 Å². The third-order valence-corrected chi connectivity index (χ3v) is 1.81. The summed E-state index contributed by atoms with van der Waals surface area (Å²) in [4.78, 5) is 0. The topological polar surface area (TPSA) is 83.1 Å². The smallest absolute Gasteiger partial charge is 1.00 e. The minimum Gasteiger partial charge on any atom is -1.00 e. The summed E-state index contributed by atoms with van der Waals surface area (Å²) in [6.07, 6.45) is 3.25. The quantitative estimate of drug-likeness (QED) is 0.502. The van der Waals surface area contributed by atoms with Crippen molar-refractivity contribution in [1.29, 1.82) is 0 Å². The zero-order chi connectivity index (χ0) is 7.52. The van der Waals surface area contributed by atoms with Crippen LogP contribution >= 0.6 is 11.8 Å². The van der Waals surface area contributed by atoms with Crippen LogP contribution in [0.4, 0.5) is 0 Å². The van der Waals surface area contributed by atoms with Crippen molar-refractivity contribution < 1.29 is 31.0 Å². The number of H-pyrrole nitrogens is 2. The first-order valence-corrected chi connectivity index (χ1v) is 3.66. The Morgan fingerprint density at radius 2 is 1.58 bits per heavy atom. The van der Waals surface area contributed by atoms with Crippen molar-refractivity contribution in [3.05, 3.63) is 12.4 Å². The molecule has 8 heteroatoms. The van der Waals surface area contributed by atoms with Crippen LogP contribution in [0.15, 0.2) is 22.4 Å². The summed E-state index contributed by atoms with van der Waals surface area (Å²) in [5.74, 6) is 0. The maximum absolute atomic E-state index is 3.84. The molecule has 2 aromatic rings. The summed E-state index contributed by atoms with van der Waals surface area (Å²) in [6.45, 7) is 0. The molecule has 12 heavy (non-hydrogen) atoms. The summed E-state index contributed by atoms with van der Waals surface area (Å²) in [6, 6.07) is 0. The molecule has 0 saturated heterocycles. The van der Waals surface area contributed by atoms with E-state index < -0.39 is 0 Å². The number of rotatable bonds is 2. The van der Waals surface area contributed by atoms with E-state index in [9.17, 15) is 0 Å². The van der Waals surface area contributed by atoms with E-state index in [-0.39, 0.29) is 31.0 Å². The van der Waals surface area contributed by atoms with Gasteiger partial charge in [0.25, 0.3) is 0 Å². The van der Waals surface area contributed by atoms with Gasteiger partial charge in [-0.2, -0.15) is 20.6 Å². The number of hydrogen-bond donors (Lipinski definition) is 2. The van der Waals surface area contributed by atoms with Crippen molar-refractivity contribution in [2.24, 2.45) is 0 Å². The summed E-state index contributed by atoms with van der Waals surface area (Å²) in [7, 11) is 0. The van der Waals surface area contributed by atoms with Crippen molar-refractivity contribution in [1.82, 2.24) is 30.8 Å². The van der Waals surface area contributed by atoms with Crippen LogP contribution in [0.1, 0.15) is 1.43 Å². The molecule has 0 radical (unpaired) electrons. The van der Waals surface area contributed by atoms with Crippen LogP contribution in [0, 0.1) is 0 Å². The van der Waals surface area contributed by atoms with Gasteiger partial charge in [0.1, 0.15) is 10.1 Å². The van der Waals surface area contributed by atoms with Crippen molar-refractivity contribution in [2.45, 2.75) is 10.1 Å². The predicted octanol–water partition coefficient (Wildman–Crippen LogP) is -2.81. The van der Waals surface area contributed by atoms with Gasteiger partial charge >= 0.3 is 29.6 Å². The van der Waals surface area contributed by atoms with Crippen molar-refractivity contribution in [3.63, 3.8) is 0 Å². The first-order chi connectivity index (χ1) is 5.45. The molecule has 0 unspecified atom stereocenters. The molecule has 0 saturated carbocycles. The molecule has 2 rings (SSSR count). The second kappa shape index (κ2) is 4.61. The van der Waals surface area contributed by atoms with Gasteiger partial charge in [-0.05, 0) is 11.8 Å². The zero-order valence-corrected chi connectivity index (χ0v) is 9.17. The van der Waals surface area contributed by atoms with Crippen LogP contribution in [-0.4, -0.2) is 30.8 Å². The number of nitrogens with one attached hydrogen (secondary N) is 2. The number of aromatic nitrogens is 6. The maximum Gasteiger partial charge on any atom is 1.00 e. The molecular weight excluding hydrogens is 187 g/mol. The molecule has 0 aliphatic carbocycles. The molecule has 58 valence electrons. The van der Waals surface area contributed by atoms with Crippen LogP contribution in [0.2, 0.25) is 0 Å². The van der Waals surface area contributed by atoms with E-state index in [1.54, 1.807) is 12.4 Å². The fraction of sp³-hybridized carbons (Fsp3) is 0. The molecule has 0 fully saturated rings. The Kier molecular flexibility index (Phi) is 3.73. The number of aromatic amines is 2. The van der Waals surface area contributed by atoms with E-state index in [4.69, 9.17) is 0 Å². The predicted molar refractivity (Wildman–Crippen MR) is 38.0 cm³/mol. The zero-order valence-electron chi connectivity index (χ0n) is 7.35. The third-order valence-electron chi connectivity index (χ3n) is 0.995. The average Bonchev–Trinajstić information content (AvgIpc) is 2.60. The van der Waals surface area contributed by atoms with Gasteiger partial charge in [-0.15, -0.1) is 10.2 Å². The molecule has 2 N–H and O–H groups in total. The Morgan fingerprint density at radius 1 is 1.08 bits per heavy atom. The van der Waals surface area contributed by atoms with Gasteiger partial charge in [0.15, 0.2) is 0 Å². The summed E-state index contributed by atoms with van der Waals surface area (Å²) >= 11 is 1.39. The van der Waals surface area contributed by atoms with Gasteiger partial charge in [-0.1, -0.05) is 0 Å². The Bertz CT molecular complexity index is 277. The average molecular weight is 192 g/mol. The molecule has 2 aromatic heterocycles. The van der Waals surface area contributed by atoms with E-state index in [2.05, 4.69) is 30.8 Å². The third kappa shape index (κ3) is 2.31. The molecule has 0 aliphatic rings. The van der Waals surface area contributed by atoms with Gasteiger partial charge in [-0.3, -0.25) is 0 Å². The summed E-state index contributed by atoms with van der Waals surface area (Å²) in [5.41, 5.74) is 0.